The van der Waals surface area contributed by atoms with E-state index in [2.05, 4.69) is 25.2 Å². The van der Waals surface area contributed by atoms with Crippen molar-refractivity contribution >= 4 is 17.3 Å². The highest BCUT2D eigenvalue weighted by atomic mass is 19.1. The second-order valence-corrected chi connectivity index (χ2v) is 6.34. The number of anilines is 2. The Kier molecular flexibility index (Phi) is 7.01. The van der Waals surface area contributed by atoms with Crippen molar-refractivity contribution in [3.63, 3.8) is 0 Å². The molecule has 0 aliphatic carbocycles. The van der Waals surface area contributed by atoms with Gasteiger partial charge in [-0.05, 0) is 49.2 Å². The Labute approximate surface area is 164 Å². The molecule has 0 saturated carbocycles. The fraction of sp³-hybridized carbons (Fsp3) is 0.238. The Balaban J connectivity index is 1.51. The minimum Gasteiger partial charge on any atom is -0.370 e. The SMILES string of the molecule is NC(=NCCCc1cnc[nH]1)NCCN(c1ccccc1)c1ccc(F)cc1. The minimum absolute atomic E-state index is 0.249. The van der Waals surface area contributed by atoms with Gasteiger partial charge in [0.05, 0.1) is 6.33 Å². The molecule has 0 bridgehead atoms. The standard InChI is InChI=1S/C21H25FN6/c22-17-8-10-20(11-9-17)28(19-6-2-1-3-7-19)14-13-26-21(23)25-12-4-5-18-15-24-16-27-18/h1-3,6-11,15-16H,4-5,12-14H2,(H,24,27)(H3,23,25,26). The third kappa shape index (κ3) is 5.84. The lowest BCUT2D eigenvalue weighted by atomic mass is 10.2. The third-order valence-corrected chi connectivity index (χ3v) is 4.29. The van der Waals surface area contributed by atoms with Crippen LogP contribution < -0.4 is 16.0 Å². The first kappa shape index (κ1) is 19.4. The van der Waals surface area contributed by atoms with E-state index in [1.165, 1.54) is 12.1 Å². The molecular formula is C21H25FN6. The predicted octanol–water partition coefficient (Wildman–Crippen LogP) is 3.22. The lowest BCUT2D eigenvalue weighted by Crippen LogP contribution is -2.37. The quantitative estimate of drug-likeness (QED) is 0.302. The molecule has 0 unspecified atom stereocenters. The molecule has 0 aliphatic heterocycles. The van der Waals surface area contributed by atoms with E-state index >= 15 is 0 Å². The Morgan fingerprint density at radius 1 is 1.11 bits per heavy atom. The molecule has 3 aromatic rings. The van der Waals surface area contributed by atoms with Crippen LogP contribution in [-0.4, -0.2) is 35.6 Å². The zero-order chi connectivity index (χ0) is 19.6. The number of rotatable bonds is 9. The summed E-state index contributed by atoms with van der Waals surface area (Å²) >= 11 is 0. The summed E-state index contributed by atoms with van der Waals surface area (Å²) in [5.41, 5.74) is 9.02. The van der Waals surface area contributed by atoms with E-state index in [-0.39, 0.29) is 5.82 Å². The Bertz CT molecular complexity index is 846. The number of H-pyrrole nitrogens is 1. The number of hydrogen-bond donors (Lipinski definition) is 3. The molecule has 0 aliphatic rings. The van der Waals surface area contributed by atoms with Crippen LogP contribution in [-0.2, 0) is 6.42 Å². The Hall–Kier alpha value is -3.35. The second kappa shape index (κ2) is 10.1. The summed E-state index contributed by atoms with van der Waals surface area (Å²) in [6.07, 6.45) is 5.28. The van der Waals surface area contributed by atoms with Gasteiger partial charge >= 0.3 is 0 Å². The molecule has 0 spiro atoms. The molecule has 0 atom stereocenters. The molecule has 0 amide bonds. The van der Waals surface area contributed by atoms with Gasteiger partial charge in [0.1, 0.15) is 5.82 Å². The van der Waals surface area contributed by atoms with Crippen LogP contribution in [0.3, 0.4) is 0 Å². The molecule has 3 rings (SSSR count). The van der Waals surface area contributed by atoms with Crippen LogP contribution in [0.4, 0.5) is 15.8 Å². The first-order valence-electron chi connectivity index (χ1n) is 9.31. The van der Waals surface area contributed by atoms with Gasteiger partial charge in [0.25, 0.3) is 0 Å². The van der Waals surface area contributed by atoms with Gasteiger partial charge in [-0.15, -0.1) is 0 Å². The van der Waals surface area contributed by atoms with Gasteiger partial charge in [0.2, 0.25) is 0 Å². The average molecular weight is 380 g/mol. The van der Waals surface area contributed by atoms with E-state index in [1.54, 1.807) is 18.5 Å². The number of aliphatic imine (C=N–C) groups is 1. The second-order valence-electron chi connectivity index (χ2n) is 6.34. The maximum atomic E-state index is 13.3. The maximum Gasteiger partial charge on any atom is 0.188 e. The number of nitrogens with two attached hydrogens (primary N) is 1. The van der Waals surface area contributed by atoms with E-state index in [0.717, 1.165) is 29.9 Å². The van der Waals surface area contributed by atoms with Crippen molar-refractivity contribution in [2.24, 2.45) is 10.7 Å². The topological polar surface area (TPSA) is 82.3 Å². The highest BCUT2D eigenvalue weighted by Gasteiger charge is 2.09. The summed E-state index contributed by atoms with van der Waals surface area (Å²) in [7, 11) is 0. The number of hydrogen-bond acceptors (Lipinski definition) is 3. The van der Waals surface area contributed by atoms with Crippen LogP contribution in [0.1, 0.15) is 12.1 Å². The molecule has 0 radical (unpaired) electrons. The number of imidazole rings is 1. The zero-order valence-corrected chi connectivity index (χ0v) is 15.7. The van der Waals surface area contributed by atoms with E-state index in [1.807, 2.05) is 36.5 Å². The van der Waals surface area contributed by atoms with Crippen molar-refractivity contribution in [3.8, 4) is 0 Å². The van der Waals surface area contributed by atoms with Crippen molar-refractivity contribution in [1.82, 2.24) is 15.3 Å². The van der Waals surface area contributed by atoms with Crippen LogP contribution >= 0.6 is 0 Å². The van der Waals surface area contributed by atoms with Gasteiger partial charge in [0, 0.05) is 42.9 Å². The molecule has 146 valence electrons. The van der Waals surface area contributed by atoms with Gasteiger partial charge < -0.3 is 20.9 Å². The fourth-order valence-electron chi connectivity index (χ4n) is 2.88. The number of aromatic amines is 1. The highest BCUT2D eigenvalue weighted by molar-refractivity contribution is 5.77. The number of halogens is 1. The third-order valence-electron chi connectivity index (χ3n) is 4.29. The summed E-state index contributed by atoms with van der Waals surface area (Å²) in [5, 5.41) is 3.15. The summed E-state index contributed by atoms with van der Waals surface area (Å²) in [4.78, 5) is 13.5. The monoisotopic (exact) mass is 380 g/mol. The van der Waals surface area contributed by atoms with Crippen molar-refractivity contribution < 1.29 is 4.39 Å². The molecule has 7 heteroatoms. The molecule has 1 heterocycles. The molecule has 2 aromatic carbocycles. The first-order chi connectivity index (χ1) is 13.7. The van der Waals surface area contributed by atoms with Crippen LogP contribution in [0.15, 0.2) is 72.1 Å². The van der Waals surface area contributed by atoms with Crippen molar-refractivity contribution in [3.05, 3.63) is 78.6 Å². The van der Waals surface area contributed by atoms with Crippen LogP contribution in [0.5, 0.6) is 0 Å². The Morgan fingerprint density at radius 3 is 2.57 bits per heavy atom. The van der Waals surface area contributed by atoms with Crippen molar-refractivity contribution in [2.45, 2.75) is 12.8 Å². The number of aromatic nitrogens is 2. The van der Waals surface area contributed by atoms with Gasteiger partial charge in [-0.1, -0.05) is 18.2 Å². The maximum absolute atomic E-state index is 13.3. The normalized spacial score (nSPS) is 11.4. The van der Waals surface area contributed by atoms with Crippen molar-refractivity contribution in [2.75, 3.05) is 24.5 Å². The van der Waals surface area contributed by atoms with E-state index in [9.17, 15) is 4.39 Å². The highest BCUT2D eigenvalue weighted by Crippen LogP contribution is 2.24. The van der Waals surface area contributed by atoms with Gasteiger partial charge in [-0.2, -0.15) is 0 Å². The van der Waals surface area contributed by atoms with Crippen LogP contribution in [0, 0.1) is 5.82 Å². The number of guanidine groups is 1. The molecule has 0 saturated heterocycles. The lowest BCUT2D eigenvalue weighted by molar-refractivity contribution is 0.627. The molecule has 4 N–H and O–H groups in total. The van der Waals surface area contributed by atoms with Crippen LogP contribution in [0.2, 0.25) is 0 Å². The number of nitrogens with one attached hydrogen (secondary N) is 2. The van der Waals surface area contributed by atoms with Gasteiger partial charge in [-0.3, -0.25) is 4.99 Å². The van der Waals surface area contributed by atoms with E-state index in [4.69, 9.17) is 5.73 Å². The first-order valence-corrected chi connectivity index (χ1v) is 9.31. The molecule has 1 aromatic heterocycles. The minimum atomic E-state index is -0.249. The average Bonchev–Trinajstić information content (AvgIpc) is 3.24. The van der Waals surface area contributed by atoms with Gasteiger partial charge in [-0.25, -0.2) is 9.37 Å². The number of aryl methyl sites for hydroxylation is 1. The summed E-state index contributed by atoms with van der Waals surface area (Å²) in [6.45, 7) is 1.93. The Morgan fingerprint density at radius 2 is 1.86 bits per heavy atom. The molecule has 0 fully saturated rings. The smallest absolute Gasteiger partial charge is 0.188 e. The fourth-order valence-corrected chi connectivity index (χ4v) is 2.88. The molecule has 28 heavy (non-hydrogen) atoms. The lowest BCUT2D eigenvalue weighted by Gasteiger charge is -2.25. The number of para-hydroxylation sites is 1. The molecular weight excluding hydrogens is 355 g/mol. The van der Waals surface area contributed by atoms with Gasteiger partial charge in [0.15, 0.2) is 5.96 Å². The number of nitrogens with zero attached hydrogens (tertiary/aromatic N) is 3. The largest absolute Gasteiger partial charge is 0.370 e. The zero-order valence-electron chi connectivity index (χ0n) is 15.7. The summed E-state index contributed by atoms with van der Waals surface area (Å²) in [5.74, 6) is 0.179. The van der Waals surface area contributed by atoms with Crippen molar-refractivity contribution in [1.29, 1.82) is 0 Å². The number of benzene rings is 2. The predicted molar refractivity (Wildman–Crippen MR) is 111 cm³/mol. The summed E-state index contributed by atoms with van der Waals surface area (Å²) < 4.78 is 13.3. The summed E-state index contributed by atoms with van der Waals surface area (Å²) in [6, 6.07) is 16.5. The van der Waals surface area contributed by atoms with E-state index in [0.29, 0.717) is 25.6 Å². The van der Waals surface area contributed by atoms with Crippen LogP contribution in [0.25, 0.3) is 0 Å². The molecule has 6 nitrogen and oxygen atoms in total. The van der Waals surface area contributed by atoms with E-state index < -0.39 is 0 Å².